The summed E-state index contributed by atoms with van der Waals surface area (Å²) in [6.45, 7) is 2.21. The SMILES string of the molecule is O=C(NCCCN1CCCC1=O)C1=C[C@@H](c2coc3ccccc3c2=O)C[C@@H](OCCCCO)O1. The van der Waals surface area contributed by atoms with Crippen LogP contribution in [0.1, 0.15) is 50.0 Å². The van der Waals surface area contributed by atoms with E-state index in [9.17, 15) is 14.4 Å². The molecule has 9 heteroatoms. The number of aliphatic hydroxyl groups is 1. The predicted molar refractivity (Wildman–Crippen MR) is 129 cm³/mol. The molecule has 1 saturated heterocycles. The Morgan fingerprint density at radius 3 is 2.86 bits per heavy atom. The van der Waals surface area contributed by atoms with Crippen LogP contribution in [0.15, 0.2) is 51.6 Å². The van der Waals surface area contributed by atoms with Gasteiger partial charge >= 0.3 is 0 Å². The van der Waals surface area contributed by atoms with Crippen molar-refractivity contribution in [1.82, 2.24) is 10.2 Å². The van der Waals surface area contributed by atoms with Crippen molar-refractivity contribution in [3.05, 3.63) is 58.2 Å². The molecule has 3 heterocycles. The van der Waals surface area contributed by atoms with E-state index in [2.05, 4.69) is 5.32 Å². The molecule has 0 saturated carbocycles. The topological polar surface area (TPSA) is 118 Å². The van der Waals surface area contributed by atoms with Gasteiger partial charge in [0.2, 0.25) is 12.2 Å². The molecule has 0 radical (unpaired) electrons. The van der Waals surface area contributed by atoms with Crippen molar-refractivity contribution in [1.29, 1.82) is 0 Å². The molecule has 2 amide bonds. The normalized spacial score (nSPS) is 20.1. The number of rotatable bonds is 11. The number of allylic oxidation sites excluding steroid dienone is 1. The molecule has 0 bridgehead atoms. The van der Waals surface area contributed by atoms with Crippen molar-refractivity contribution in [2.45, 2.75) is 50.7 Å². The first kappa shape index (κ1) is 24.9. The first-order chi connectivity index (χ1) is 17.1. The van der Waals surface area contributed by atoms with Crippen LogP contribution in [0.25, 0.3) is 11.0 Å². The zero-order valence-corrected chi connectivity index (χ0v) is 19.7. The number of ether oxygens (including phenoxy) is 2. The van der Waals surface area contributed by atoms with Gasteiger partial charge in [-0.05, 0) is 43.9 Å². The van der Waals surface area contributed by atoms with Gasteiger partial charge < -0.3 is 29.2 Å². The number of amides is 2. The zero-order chi connectivity index (χ0) is 24.6. The van der Waals surface area contributed by atoms with E-state index in [4.69, 9.17) is 19.0 Å². The van der Waals surface area contributed by atoms with Crippen LogP contribution < -0.4 is 10.7 Å². The molecule has 1 aromatic heterocycles. The van der Waals surface area contributed by atoms with Crippen LogP contribution in [0.5, 0.6) is 0 Å². The maximum atomic E-state index is 13.1. The summed E-state index contributed by atoms with van der Waals surface area (Å²) in [5, 5.41) is 12.3. The van der Waals surface area contributed by atoms with Crippen molar-refractivity contribution < 1.29 is 28.6 Å². The standard InChI is InChI=1S/C26H32N2O7/c29-13-3-4-14-33-24-16-18(20-17-34-21-8-2-1-7-19(21)25(20)31)15-22(35-24)26(32)27-10-6-12-28-11-5-9-23(28)30/h1-2,7-8,15,17-18,24,29H,3-6,9-14,16H2,(H,27,32)/t18-,24+/m1/s1. The Hall–Kier alpha value is -3.17. The molecule has 0 aliphatic carbocycles. The minimum Gasteiger partial charge on any atom is -0.464 e. The van der Waals surface area contributed by atoms with E-state index in [1.54, 1.807) is 30.3 Å². The van der Waals surface area contributed by atoms with Crippen LogP contribution in [0.2, 0.25) is 0 Å². The molecule has 4 rings (SSSR count). The Balaban J connectivity index is 1.45. The second-order valence-electron chi connectivity index (χ2n) is 8.83. The quantitative estimate of drug-likeness (QED) is 0.470. The zero-order valence-electron chi connectivity index (χ0n) is 19.7. The van der Waals surface area contributed by atoms with Crippen LogP contribution in [0.3, 0.4) is 0 Å². The molecular formula is C26H32N2O7. The van der Waals surface area contributed by atoms with Gasteiger partial charge in [0.05, 0.1) is 18.3 Å². The van der Waals surface area contributed by atoms with E-state index in [1.807, 2.05) is 4.90 Å². The van der Waals surface area contributed by atoms with Crippen molar-refractivity contribution in [2.75, 3.05) is 32.8 Å². The number of benzene rings is 1. The number of nitrogens with one attached hydrogen (secondary N) is 1. The molecule has 2 aliphatic heterocycles. The van der Waals surface area contributed by atoms with Crippen LogP contribution in [-0.2, 0) is 19.1 Å². The third kappa shape index (κ3) is 6.29. The van der Waals surface area contributed by atoms with E-state index in [0.29, 0.717) is 68.3 Å². The summed E-state index contributed by atoms with van der Waals surface area (Å²) in [5.41, 5.74) is 0.793. The molecule has 188 valence electrons. The van der Waals surface area contributed by atoms with Crippen molar-refractivity contribution >= 4 is 22.8 Å². The summed E-state index contributed by atoms with van der Waals surface area (Å²) in [5.74, 6) is -0.557. The van der Waals surface area contributed by atoms with Crippen molar-refractivity contribution in [2.24, 2.45) is 0 Å². The number of hydrogen-bond acceptors (Lipinski definition) is 7. The number of aliphatic hydroxyl groups excluding tert-OH is 1. The van der Waals surface area contributed by atoms with Crippen LogP contribution in [0.4, 0.5) is 0 Å². The summed E-state index contributed by atoms with van der Waals surface area (Å²) < 4.78 is 17.3. The number of carbonyl (C=O) groups excluding carboxylic acids is 2. The number of carbonyl (C=O) groups is 2. The van der Waals surface area contributed by atoms with Crippen LogP contribution in [-0.4, -0.2) is 61.0 Å². The van der Waals surface area contributed by atoms with Gasteiger partial charge in [-0.2, -0.15) is 0 Å². The first-order valence-corrected chi connectivity index (χ1v) is 12.2. The number of fused-ring (bicyclic) bond motifs is 1. The third-order valence-corrected chi connectivity index (χ3v) is 6.31. The van der Waals surface area contributed by atoms with E-state index < -0.39 is 18.1 Å². The largest absolute Gasteiger partial charge is 0.464 e. The molecule has 9 nitrogen and oxygen atoms in total. The summed E-state index contributed by atoms with van der Waals surface area (Å²) in [7, 11) is 0. The van der Waals surface area contributed by atoms with Gasteiger partial charge in [-0.15, -0.1) is 0 Å². The van der Waals surface area contributed by atoms with Crippen LogP contribution >= 0.6 is 0 Å². The fraction of sp³-hybridized carbons (Fsp3) is 0.500. The molecular weight excluding hydrogens is 452 g/mol. The molecule has 1 aromatic carbocycles. The number of para-hydroxylation sites is 1. The molecule has 0 spiro atoms. The highest BCUT2D eigenvalue weighted by molar-refractivity contribution is 5.91. The number of unbranched alkanes of at least 4 members (excludes halogenated alkanes) is 1. The van der Waals surface area contributed by atoms with Crippen molar-refractivity contribution in [3.63, 3.8) is 0 Å². The lowest BCUT2D eigenvalue weighted by atomic mass is 9.93. The van der Waals surface area contributed by atoms with Gasteiger partial charge in [-0.1, -0.05) is 12.1 Å². The lowest BCUT2D eigenvalue weighted by Gasteiger charge is -2.29. The smallest absolute Gasteiger partial charge is 0.286 e. The molecule has 2 aliphatic rings. The van der Waals surface area contributed by atoms with E-state index >= 15 is 0 Å². The van der Waals surface area contributed by atoms with Gasteiger partial charge in [-0.25, -0.2) is 0 Å². The lowest BCUT2D eigenvalue weighted by Crippen LogP contribution is -2.35. The third-order valence-electron chi connectivity index (χ3n) is 6.31. The Morgan fingerprint density at radius 1 is 1.20 bits per heavy atom. The maximum Gasteiger partial charge on any atom is 0.286 e. The summed E-state index contributed by atoms with van der Waals surface area (Å²) in [4.78, 5) is 39.6. The molecule has 2 aromatic rings. The van der Waals surface area contributed by atoms with Gasteiger partial charge in [0, 0.05) is 50.6 Å². The highest BCUT2D eigenvalue weighted by atomic mass is 16.7. The van der Waals surface area contributed by atoms with E-state index in [1.165, 1.54) is 6.26 Å². The Morgan fingerprint density at radius 2 is 2.06 bits per heavy atom. The van der Waals surface area contributed by atoms with Gasteiger partial charge in [0.25, 0.3) is 5.91 Å². The van der Waals surface area contributed by atoms with E-state index in [-0.39, 0.29) is 23.7 Å². The van der Waals surface area contributed by atoms with Gasteiger partial charge in [-0.3, -0.25) is 14.4 Å². The lowest BCUT2D eigenvalue weighted by molar-refractivity contribution is -0.146. The highest BCUT2D eigenvalue weighted by Gasteiger charge is 2.30. The molecule has 2 atom stereocenters. The summed E-state index contributed by atoms with van der Waals surface area (Å²) in [6.07, 6.45) is 6.12. The minimum atomic E-state index is -0.711. The Bertz CT molecular complexity index is 1130. The number of hydrogen-bond donors (Lipinski definition) is 2. The Kier molecular flexibility index (Phi) is 8.54. The second-order valence-corrected chi connectivity index (χ2v) is 8.83. The molecule has 1 fully saturated rings. The highest BCUT2D eigenvalue weighted by Crippen LogP contribution is 2.31. The molecule has 35 heavy (non-hydrogen) atoms. The van der Waals surface area contributed by atoms with Crippen LogP contribution in [0, 0.1) is 0 Å². The maximum absolute atomic E-state index is 13.1. The molecule has 0 unspecified atom stereocenters. The Labute approximate surface area is 203 Å². The second kappa shape index (κ2) is 12.0. The number of nitrogens with zero attached hydrogens (tertiary/aromatic N) is 1. The van der Waals surface area contributed by atoms with Crippen molar-refractivity contribution in [3.8, 4) is 0 Å². The molecule has 2 N–H and O–H groups in total. The fourth-order valence-corrected chi connectivity index (χ4v) is 4.41. The van der Waals surface area contributed by atoms with Gasteiger partial charge in [0.15, 0.2) is 11.2 Å². The first-order valence-electron chi connectivity index (χ1n) is 12.2. The average Bonchev–Trinajstić information content (AvgIpc) is 3.29. The summed E-state index contributed by atoms with van der Waals surface area (Å²) in [6, 6.07) is 7.04. The predicted octanol–water partition coefficient (Wildman–Crippen LogP) is 2.42. The average molecular weight is 485 g/mol. The fourth-order valence-electron chi connectivity index (χ4n) is 4.41. The number of likely N-dealkylation sites (tertiary alicyclic amines) is 1. The van der Waals surface area contributed by atoms with E-state index in [0.717, 1.165) is 13.0 Å². The van der Waals surface area contributed by atoms with Gasteiger partial charge in [0.1, 0.15) is 5.58 Å². The summed E-state index contributed by atoms with van der Waals surface area (Å²) >= 11 is 0. The minimum absolute atomic E-state index is 0.0756. The monoisotopic (exact) mass is 484 g/mol.